The van der Waals surface area contributed by atoms with Gasteiger partial charge in [-0.05, 0) is 24.3 Å². The number of nitrogens with one attached hydrogen (secondary N) is 1. The van der Waals surface area contributed by atoms with Crippen molar-refractivity contribution >= 4 is 5.91 Å². The van der Waals surface area contributed by atoms with Crippen LogP contribution in [-0.4, -0.2) is 36.5 Å². The van der Waals surface area contributed by atoms with Crippen LogP contribution in [0.25, 0.3) is 0 Å². The number of nitrogens with zero attached hydrogens (tertiary/aromatic N) is 1. The van der Waals surface area contributed by atoms with Gasteiger partial charge in [-0.2, -0.15) is 0 Å². The first-order chi connectivity index (χ1) is 11.7. The highest BCUT2D eigenvalue weighted by Crippen LogP contribution is 2.31. The van der Waals surface area contributed by atoms with E-state index in [1.54, 1.807) is 0 Å². The molecule has 3 nitrogen and oxygen atoms in total. The van der Waals surface area contributed by atoms with Gasteiger partial charge in [0.2, 0.25) is 5.91 Å². The first kappa shape index (κ1) is 17.5. The summed E-state index contributed by atoms with van der Waals surface area (Å²) in [6.45, 7) is 7.05. The minimum Gasteiger partial charge on any atom is -0.339 e. The van der Waals surface area contributed by atoms with E-state index in [4.69, 9.17) is 0 Å². The molecule has 0 bridgehead atoms. The molecule has 132 valence electrons. The van der Waals surface area contributed by atoms with Crippen LogP contribution in [0.1, 0.15) is 57.4 Å². The first-order valence-corrected chi connectivity index (χ1v) is 9.73. The van der Waals surface area contributed by atoms with Gasteiger partial charge in [0.25, 0.3) is 0 Å². The topological polar surface area (TPSA) is 32.3 Å². The number of carbonyl (C=O) groups excluding carboxylic acids is 1. The van der Waals surface area contributed by atoms with Gasteiger partial charge >= 0.3 is 0 Å². The van der Waals surface area contributed by atoms with Gasteiger partial charge in [-0.25, -0.2) is 0 Å². The molecule has 0 spiro atoms. The van der Waals surface area contributed by atoms with Crippen LogP contribution in [0.5, 0.6) is 0 Å². The van der Waals surface area contributed by atoms with Crippen molar-refractivity contribution in [2.45, 2.75) is 57.9 Å². The van der Waals surface area contributed by atoms with Gasteiger partial charge in [-0.15, -0.1) is 0 Å². The Morgan fingerprint density at radius 1 is 1.12 bits per heavy atom. The van der Waals surface area contributed by atoms with E-state index < -0.39 is 0 Å². The molecule has 24 heavy (non-hydrogen) atoms. The van der Waals surface area contributed by atoms with Gasteiger partial charge in [0.1, 0.15) is 0 Å². The molecular formula is C21H32N2O. The molecule has 1 aliphatic carbocycles. The standard InChI is InChI=1S/C21H32N2O/c1-16(2)21(24)23(19-11-7-4-8-12-19)15-18-13-22-14-20(18)17-9-5-3-6-10-17/h3,5-6,9-10,16,18-20,22H,4,7-8,11-15H2,1-2H3. The second-order valence-electron chi connectivity index (χ2n) is 7.87. The Hall–Kier alpha value is -1.35. The van der Waals surface area contributed by atoms with E-state index in [-0.39, 0.29) is 5.92 Å². The number of hydrogen-bond donors (Lipinski definition) is 1. The molecular weight excluding hydrogens is 296 g/mol. The van der Waals surface area contributed by atoms with E-state index in [0.29, 0.717) is 23.8 Å². The average Bonchev–Trinajstić information content (AvgIpc) is 3.09. The third kappa shape index (κ3) is 4.00. The normalized spacial score (nSPS) is 25.1. The Bertz CT molecular complexity index is 522. The van der Waals surface area contributed by atoms with Crippen LogP contribution in [0, 0.1) is 11.8 Å². The Kier molecular flexibility index (Phi) is 5.94. The molecule has 2 aliphatic rings. The molecule has 3 rings (SSSR count). The lowest BCUT2D eigenvalue weighted by Gasteiger charge is -2.38. The number of benzene rings is 1. The molecule has 1 aliphatic heterocycles. The molecule has 2 unspecified atom stereocenters. The lowest BCUT2D eigenvalue weighted by Crippen LogP contribution is -2.46. The predicted molar refractivity (Wildman–Crippen MR) is 99.0 cm³/mol. The lowest BCUT2D eigenvalue weighted by atomic mass is 9.86. The highest BCUT2D eigenvalue weighted by Gasteiger charge is 2.34. The lowest BCUT2D eigenvalue weighted by molar-refractivity contribution is -0.138. The number of amides is 1. The average molecular weight is 329 g/mol. The summed E-state index contributed by atoms with van der Waals surface area (Å²) in [7, 11) is 0. The van der Waals surface area contributed by atoms with Gasteiger partial charge in [0, 0.05) is 37.5 Å². The minimum atomic E-state index is 0.0939. The van der Waals surface area contributed by atoms with E-state index >= 15 is 0 Å². The third-order valence-electron chi connectivity index (χ3n) is 5.79. The van der Waals surface area contributed by atoms with Crippen LogP contribution in [0.3, 0.4) is 0 Å². The van der Waals surface area contributed by atoms with E-state index in [1.807, 2.05) is 13.8 Å². The summed E-state index contributed by atoms with van der Waals surface area (Å²) in [6.07, 6.45) is 6.26. The van der Waals surface area contributed by atoms with Gasteiger partial charge in [-0.1, -0.05) is 63.4 Å². The van der Waals surface area contributed by atoms with E-state index in [0.717, 1.165) is 19.6 Å². The highest BCUT2D eigenvalue weighted by molar-refractivity contribution is 5.78. The van der Waals surface area contributed by atoms with E-state index in [2.05, 4.69) is 40.5 Å². The van der Waals surface area contributed by atoms with E-state index in [9.17, 15) is 4.79 Å². The van der Waals surface area contributed by atoms with Crippen molar-refractivity contribution in [3.63, 3.8) is 0 Å². The largest absolute Gasteiger partial charge is 0.339 e. The number of hydrogen-bond acceptors (Lipinski definition) is 2. The zero-order valence-electron chi connectivity index (χ0n) is 15.2. The molecule has 2 fully saturated rings. The summed E-state index contributed by atoms with van der Waals surface area (Å²) in [5, 5.41) is 3.56. The molecule has 1 amide bonds. The SMILES string of the molecule is CC(C)C(=O)N(CC1CNCC1c1ccccc1)C1CCCCC1. The van der Waals surface area contributed by atoms with Crippen LogP contribution in [-0.2, 0) is 4.79 Å². The smallest absolute Gasteiger partial charge is 0.225 e. The van der Waals surface area contributed by atoms with Crippen molar-refractivity contribution in [3.8, 4) is 0 Å². The zero-order valence-corrected chi connectivity index (χ0v) is 15.2. The summed E-state index contributed by atoms with van der Waals surface area (Å²) in [5.41, 5.74) is 1.41. The summed E-state index contributed by atoms with van der Waals surface area (Å²) in [5.74, 6) is 1.49. The maximum absolute atomic E-state index is 12.9. The second-order valence-corrected chi connectivity index (χ2v) is 7.87. The minimum absolute atomic E-state index is 0.0939. The number of carbonyl (C=O) groups is 1. The van der Waals surface area contributed by atoms with Crippen molar-refractivity contribution in [1.82, 2.24) is 10.2 Å². The Morgan fingerprint density at radius 3 is 2.50 bits per heavy atom. The van der Waals surface area contributed by atoms with Crippen LogP contribution < -0.4 is 5.32 Å². The van der Waals surface area contributed by atoms with Crippen LogP contribution >= 0.6 is 0 Å². The Morgan fingerprint density at radius 2 is 1.83 bits per heavy atom. The Balaban J connectivity index is 1.74. The van der Waals surface area contributed by atoms with Gasteiger partial charge in [-0.3, -0.25) is 4.79 Å². The van der Waals surface area contributed by atoms with Crippen molar-refractivity contribution in [3.05, 3.63) is 35.9 Å². The van der Waals surface area contributed by atoms with Crippen LogP contribution in [0.4, 0.5) is 0 Å². The molecule has 1 saturated heterocycles. The fourth-order valence-electron chi connectivity index (χ4n) is 4.41. The molecule has 0 aromatic heterocycles. The zero-order chi connectivity index (χ0) is 16.9. The van der Waals surface area contributed by atoms with Gasteiger partial charge < -0.3 is 10.2 Å². The van der Waals surface area contributed by atoms with Gasteiger partial charge in [0.05, 0.1) is 0 Å². The molecule has 1 aromatic carbocycles. The molecule has 3 heteroatoms. The van der Waals surface area contributed by atoms with Crippen molar-refractivity contribution in [2.24, 2.45) is 11.8 Å². The molecule has 1 heterocycles. The fraction of sp³-hybridized carbons (Fsp3) is 0.667. The predicted octanol–water partition coefficient (Wildman–Crippen LogP) is 3.81. The molecule has 1 N–H and O–H groups in total. The molecule has 0 radical (unpaired) electrons. The van der Waals surface area contributed by atoms with Crippen LogP contribution in [0.2, 0.25) is 0 Å². The van der Waals surface area contributed by atoms with Gasteiger partial charge in [0.15, 0.2) is 0 Å². The van der Waals surface area contributed by atoms with Crippen molar-refractivity contribution < 1.29 is 4.79 Å². The summed E-state index contributed by atoms with van der Waals surface area (Å²) < 4.78 is 0. The number of rotatable bonds is 5. The van der Waals surface area contributed by atoms with Crippen LogP contribution in [0.15, 0.2) is 30.3 Å². The summed E-state index contributed by atoms with van der Waals surface area (Å²) in [4.78, 5) is 15.1. The monoisotopic (exact) mass is 328 g/mol. The fourth-order valence-corrected chi connectivity index (χ4v) is 4.41. The first-order valence-electron chi connectivity index (χ1n) is 9.73. The summed E-state index contributed by atoms with van der Waals surface area (Å²) in [6, 6.07) is 11.3. The summed E-state index contributed by atoms with van der Waals surface area (Å²) >= 11 is 0. The molecule has 1 aromatic rings. The quantitative estimate of drug-likeness (QED) is 0.891. The molecule has 1 saturated carbocycles. The Labute approximate surface area is 146 Å². The van der Waals surface area contributed by atoms with Crippen molar-refractivity contribution in [1.29, 1.82) is 0 Å². The van der Waals surface area contributed by atoms with E-state index in [1.165, 1.54) is 37.7 Å². The highest BCUT2D eigenvalue weighted by atomic mass is 16.2. The third-order valence-corrected chi connectivity index (χ3v) is 5.79. The van der Waals surface area contributed by atoms with Crippen molar-refractivity contribution in [2.75, 3.05) is 19.6 Å². The molecule has 2 atom stereocenters. The maximum atomic E-state index is 12.9. The maximum Gasteiger partial charge on any atom is 0.225 e. The second kappa shape index (κ2) is 8.15.